The number of halogens is 2. The van der Waals surface area contributed by atoms with Crippen LogP contribution in [0.25, 0.3) is 15.9 Å². The molecule has 1 aliphatic heterocycles. The van der Waals surface area contributed by atoms with Crippen molar-refractivity contribution in [3.8, 4) is 17.5 Å². The van der Waals surface area contributed by atoms with Crippen molar-refractivity contribution >= 4 is 32.9 Å². The fraction of sp³-hybridized carbons (Fsp3) is 0.231. The van der Waals surface area contributed by atoms with Gasteiger partial charge in [-0.15, -0.1) is 11.3 Å². The number of benzene rings is 2. The van der Waals surface area contributed by atoms with E-state index in [4.69, 9.17) is 14.2 Å². The van der Waals surface area contributed by atoms with Crippen LogP contribution in [0.1, 0.15) is 18.7 Å². The standard InChI is InChI=1S/C26H21F2N3O4S/c1-26(2)34-14-18(35-26)13-33-17-6-4-16(5-7-17)31-23(32)10-8-19-24(22(12-29)36-25(19)31)30-21-9-3-15(27)11-20(21)28/h3-11,18,30H,13-14H2,1-2H3. The van der Waals surface area contributed by atoms with E-state index in [9.17, 15) is 18.8 Å². The van der Waals surface area contributed by atoms with Crippen molar-refractivity contribution in [1.29, 1.82) is 5.26 Å². The molecule has 184 valence electrons. The van der Waals surface area contributed by atoms with Gasteiger partial charge in [0.25, 0.3) is 5.56 Å². The molecular weight excluding hydrogens is 488 g/mol. The molecule has 1 N–H and O–H groups in total. The summed E-state index contributed by atoms with van der Waals surface area (Å²) in [6.07, 6.45) is -0.177. The monoisotopic (exact) mass is 509 g/mol. The zero-order valence-electron chi connectivity index (χ0n) is 19.4. The van der Waals surface area contributed by atoms with Gasteiger partial charge in [-0.25, -0.2) is 8.78 Å². The summed E-state index contributed by atoms with van der Waals surface area (Å²) in [5, 5.41) is 13.1. The molecule has 4 aromatic rings. The average Bonchev–Trinajstić information content (AvgIpc) is 3.38. The smallest absolute Gasteiger partial charge is 0.256 e. The molecule has 1 fully saturated rings. The van der Waals surface area contributed by atoms with Crippen LogP contribution >= 0.6 is 11.3 Å². The molecule has 2 aromatic heterocycles. The first kappa shape index (κ1) is 23.9. The van der Waals surface area contributed by atoms with E-state index in [1.807, 2.05) is 13.8 Å². The summed E-state index contributed by atoms with van der Waals surface area (Å²) in [6.45, 7) is 4.46. The predicted octanol–water partition coefficient (Wildman–Crippen LogP) is 5.48. The fourth-order valence-electron chi connectivity index (χ4n) is 3.98. The molecule has 0 aliphatic carbocycles. The molecule has 0 bridgehead atoms. The number of aromatic nitrogens is 1. The number of nitrogens with zero attached hydrogens (tertiary/aromatic N) is 2. The first-order chi connectivity index (χ1) is 17.2. The number of nitriles is 1. The lowest BCUT2D eigenvalue weighted by Gasteiger charge is -2.17. The Bertz CT molecular complexity index is 1540. The fourth-order valence-corrected chi connectivity index (χ4v) is 5.05. The Labute approximate surface area is 209 Å². The first-order valence-electron chi connectivity index (χ1n) is 11.1. The minimum atomic E-state index is -0.791. The van der Waals surface area contributed by atoms with Crippen LogP contribution < -0.4 is 15.6 Å². The summed E-state index contributed by atoms with van der Waals surface area (Å²) in [6, 6.07) is 15.2. The van der Waals surface area contributed by atoms with Gasteiger partial charge in [0, 0.05) is 17.5 Å². The molecule has 10 heteroatoms. The molecule has 5 rings (SSSR count). The molecule has 0 amide bonds. The summed E-state index contributed by atoms with van der Waals surface area (Å²) >= 11 is 1.10. The Morgan fingerprint density at radius 1 is 1.19 bits per heavy atom. The van der Waals surface area contributed by atoms with E-state index in [-0.39, 0.29) is 22.2 Å². The number of nitrogens with one attached hydrogen (secondary N) is 1. The molecule has 1 aliphatic rings. The van der Waals surface area contributed by atoms with Gasteiger partial charge in [-0.3, -0.25) is 9.36 Å². The van der Waals surface area contributed by atoms with Crippen molar-refractivity contribution in [1.82, 2.24) is 4.57 Å². The third-order valence-electron chi connectivity index (χ3n) is 5.63. The lowest BCUT2D eigenvalue weighted by Crippen LogP contribution is -2.25. The van der Waals surface area contributed by atoms with E-state index < -0.39 is 17.4 Å². The van der Waals surface area contributed by atoms with Gasteiger partial charge in [-0.2, -0.15) is 5.26 Å². The maximum Gasteiger partial charge on any atom is 0.256 e. The normalized spacial score (nSPS) is 16.7. The van der Waals surface area contributed by atoms with Gasteiger partial charge in [-0.1, -0.05) is 0 Å². The Morgan fingerprint density at radius 2 is 1.97 bits per heavy atom. The molecular formula is C26H21F2N3O4S. The highest BCUT2D eigenvalue weighted by Crippen LogP contribution is 2.38. The zero-order chi connectivity index (χ0) is 25.4. The Kier molecular flexibility index (Phi) is 6.22. The van der Waals surface area contributed by atoms with Crippen LogP contribution in [0.3, 0.4) is 0 Å². The number of hydrogen-bond acceptors (Lipinski definition) is 7. The molecule has 0 spiro atoms. The molecule has 0 radical (unpaired) electrons. The van der Waals surface area contributed by atoms with Crippen molar-refractivity contribution in [2.24, 2.45) is 0 Å². The van der Waals surface area contributed by atoms with Crippen LogP contribution in [-0.4, -0.2) is 29.7 Å². The molecule has 0 saturated carbocycles. The van der Waals surface area contributed by atoms with Gasteiger partial charge < -0.3 is 19.5 Å². The van der Waals surface area contributed by atoms with Crippen LogP contribution in [0.5, 0.6) is 5.75 Å². The zero-order valence-corrected chi connectivity index (χ0v) is 20.2. The van der Waals surface area contributed by atoms with Crippen LogP contribution in [0, 0.1) is 23.0 Å². The summed E-state index contributed by atoms with van der Waals surface area (Å²) in [7, 11) is 0. The highest BCUT2D eigenvalue weighted by atomic mass is 32.1. The number of pyridine rings is 1. The quantitative estimate of drug-likeness (QED) is 0.371. The van der Waals surface area contributed by atoms with Gasteiger partial charge in [0.2, 0.25) is 0 Å². The number of ether oxygens (including phenoxy) is 3. The molecule has 1 unspecified atom stereocenters. The maximum absolute atomic E-state index is 14.3. The van der Waals surface area contributed by atoms with Crippen molar-refractivity contribution in [2.75, 3.05) is 18.5 Å². The maximum atomic E-state index is 14.3. The molecule has 3 heterocycles. The average molecular weight is 510 g/mol. The molecule has 7 nitrogen and oxygen atoms in total. The van der Waals surface area contributed by atoms with Crippen molar-refractivity contribution in [3.63, 3.8) is 0 Å². The van der Waals surface area contributed by atoms with Crippen LogP contribution in [0.2, 0.25) is 0 Å². The number of hydrogen-bond donors (Lipinski definition) is 1. The molecule has 1 saturated heterocycles. The van der Waals surface area contributed by atoms with E-state index in [2.05, 4.69) is 11.4 Å². The van der Waals surface area contributed by atoms with Gasteiger partial charge in [0.05, 0.1) is 23.7 Å². The van der Waals surface area contributed by atoms with Gasteiger partial charge in [-0.05, 0) is 56.3 Å². The highest BCUT2D eigenvalue weighted by Gasteiger charge is 2.33. The third kappa shape index (κ3) is 4.68. The van der Waals surface area contributed by atoms with Gasteiger partial charge >= 0.3 is 0 Å². The minimum Gasteiger partial charge on any atom is -0.491 e. The van der Waals surface area contributed by atoms with Crippen LogP contribution in [0.4, 0.5) is 20.2 Å². The molecule has 1 atom stereocenters. The number of thiophene rings is 1. The van der Waals surface area contributed by atoms with Gasteiger partial charge in [0.15, 0.2) is 5.79 Å². The van der Waals surface area contributed by atoms with Crippen LogP contribution in [-0.2, 0) is 9.47 Å². The molecule has 2 aromatic carbocycles. The summed E-state index contributed by atoms with van der Waals surface area (Å²) in [5.41, 5.74) is 0.648. The summed E-state index contributed by atoms with van der Waals surface area (Å²) in [5.74, 6) is -1.52. The topological polar surface area (TPSA) is 85.5 Å². The van der Waals surface area contributed by atoms with Crippen molar-refractivity contribution in [3.05, 3.63) is 81.5 Å². The van der Waals surface area contributed by atoms with Crippen LogP contribution in [0.15, 0.2) is 59.4 Å². The first-order valence-corrected chi connectivity index (χ1v) is 11.9. The van der Waals surface area contributed by atoms with E-state index in [0.29, 0.717) is 40.6 Å². The third-order valence-corrected chi connectivity index (χ3v) is 6.73. The van der Waals surface area contributed by atoms with E-state index in [1.165, 1.54) is 16.7 Å². The number of anilines is 2. The van der Waals surface area contributed by atoms with Crippen molar-refractivity contribution < 1.29 is 23.0 Å². The Hall–Kier alpha value is -3.78. The number of rotatable bonds is 6. The van der Waals surface area contributed by atoms with Crippen molar-refractivity contribution in [2.45, 2.75) is 25.7 Å². The summed E-state index contributed by atoms with van der Waals surface area (Å²) < 4.78 is 46.2. The van der Waals surface area contributed by atoms with Gasteiger partial charge in [0.1, 0.15) is 45.9 Å². The highest BCUT2D eigenvalue weighted by molar-refractivity contribution is 7.20. The lowest BCUT2D eigenvalue weighted by atomic mass is 10.2. The Balaban J connectivity index is 1.45. The summed E-state index contributed by atoms with van der Waals surface area (Å²) in [4.78, 5) is 13.6. The van der Waals surface area contributed by atoms with E-state index in [0.717, 1.165) is 23.5 Å². The second-order valence-electron chi connectivity index (χ2n) is 8.65. The van der Waals surface area contributed by atoms with E-state index in [1.54, 1.807) is 30.3 Å². The number of fused-ring (bicyclic) bond motifs is 1. The minimum absolute atomic E-state index is 0.0203. The molecule has 36 heavy (non-hydrogen) atoms. The van der Waals surface area contributed by atoms with E-state index >= 15 is 0 Å². The lowest BCUT2D eigenvalue weighted by molar-refractivity contribution is -0.141. The Morgan fingerprint density at radius 3 is 2.64 bits per heavy atom. The predicted molar refractivity (Wildman–Crippen MR) is 132 cm³/mol. The largest absolute Gasteiger partial charge is 0.491 e. The second kappa shape index (κ2) is 9.35. The second-order valence-corrected chi connectivity index (χ2v) is 9.65. The SMILES string of the molecule is CC1(C)OCC(COc2ccc(-n3c(=O)ccc4c(Nc5ccc(F)cc5F)c(C#N)sc43)cc2)O1.